The minimum atomic E-state index is 0. The molecule has 135 heavy (non-hydrogen) atoms. The van der Waals surface area contributed by atoms with Gasteiger partial charge >= 0.3 is 63.2 Å². The van der Waals surface area contributed by atoms with E-state index in [1.807, 2.05) is 262 Å². The number of benzene rings is 12. The second kappa shape index (κ2) is 37.2. The van der Waals surface area contributed by atoms with Crippen LogP contribution < -0.4 is 0 Å². The zero-order valence-electron chi connectivity index (χ0n) is 71.0. The monoisotopic (exact) mass is 2280 g/mol. The van der Waals surface area contributed by atoms with Crippen molar-refractivity contribution in [3.05, 3.63) is 438 Å². The Kier molecular flexibility index (Phi) is 23.5. The number of para-hydroxylation sites is 7. The Morgan fingerprint density at radius 2 is 0.630 bits per heavy atom. The number of oxazole rings is 3. The van der Waals surface area contributed by atoms with Gasteiger partial charge in [-0.25, -0.2) is 0 Å². The maximum Gasteiger partial charge on any atom is 2.00 e. The van der Waals surface area contributed by atoms with Crippen LogP contribution in [-0.4, -0.2) is 68.5 Å². The first kappa shape index (κ1) is 85.5. The van der Waals surface area contributed by atoms with Gasteiger partial charge in [0.05, 0.1) is 22.2 Å². The normalized spacial score (nSPS) is 11.2. The summed E-state index contributed by atoms with van der Waals surface area (Å²) in [5.74, 6) is 1.59. The van der Waals surface area contributed by atoms with Crippen molar-refractivity contribution in [1.82, 2.24) is 68.5 Å². The van der Waals surface area contributed by atoms with Crippen LogP contribution in [0.5, 0.6) is 0 Å². The van der Waals surface area contributed by atoms with Gasteiger partial charge in [0.15, 0.2) is 0 Å². The Labute approximate surface area is 816 Å². The molecule has 17 nitrogen and oxygen atoms in total. The zero-order chi connectivity index (χ0) is 87.4. The molecule has 0 aliphatic carbocycles. The van der Waals surface area contributed by atoms with Gasteiger partial charge in [-0.05, 0) is 223 Å². The van der Waals surface area contributed by atoms with Crippen LogP contribution in [0.2, 0.25) is 0 Å². The molecule has 0 bridgehead atoms. The molecule has 0 saturated heterocycles. The van der Waals surface area contributed by atoms with Crippen LogP contribution in [0.25, 0.3) is 240 Å². The molecule has 0 aliphatic rings. The molecule has 0 spiro atoms. The minimum Gasteiger partial charge on any atom is -0.481 e. The van der Waals surface area contributed by atoms with Crippen molar-refractivity contribution in [2.45, 2.75) is 0 Å². The Hall–Kier alpha value is -16.3. The molecular formula is C115H66N14O3Pt3. The topological polar surface area (TPSA) is 196 Å². The molecule has 26 aromatic rings. The Morgan fingerprint density at radius 3 is 1.17 bits per heavy atom. The molecule has 0 saturated carbocycles. The number of hydrogen-bond acceptors (Lipinski definition) is 14. The minimum absolute atomic E-state index is 0. The molecule has 0 radical (unpaired) electrons. The van der Waals surface area contributed by atoms with E-state index in [1.54, 1.807) is 37.2 Å². The van der Waals surface area contributed by atoms with Gasteiger partial charge in [-0.3, -0.25) is 44.9 Å². The second-order valence-electron chi connectivity index (χ2n) is 31.6. The number of nitrogens with zero attached hydrogens (tertiary/aromatic N) is 14. The van der Waals surface area contributed by atoms with Gasteiger partial charge in [0.2, 0.25) is 0 Å². The van der Waals surface area contributed by atoms with Gasteiger partial charge in [0.25, 0.3) is 0 Å². The molecule has 26 rings (SSSR count). The Morgan fingerprint density at radius 1 is 0.222 bits per heavy atom. The third kappa shape index (κ3) is 16.3. The smallest absolute Gasteiger partial charge is 0.481 e. The van der Waals surface area contributed by atoms with Crippen molar-refractivity contribution in [3.63, 3.8) is 0 Å². The summed E-state index contributed by atoms with van der Waals surface area (Å²) < 4.78 is 25.3. The molecule has 20 heteroatoms. The summed E-state index contributed by atoms with van der Waals surface area (Å²) in [6.45, 7) is 0. The number of hydrogen-bond donors (Lipinski definition) is 0. The Bertz CT molecular complexity index is 8770. The summed E-state index contributed by atoms with van der Waals surface area (Å²) in [5, 5.41) is 6.55. The van der Waals surface area contributed by atoms with Crippen molar-refractivity contribution >= 4 is 98.7 Å². The van der Waals surface area contributed by atoms with E-state index in [1.165, 1.54) is 0 Å². The standard InChI is InChI=1S/2C40H23N5O.C35H20N4O.3Pt/c1-2-10-39-36(9-1)44-40(46-39)34-25-38-33(24-31(34)27-15-20-42-21-16-27)32-23-28(26-13-18-41-19-14-26)11-12-37(32)45(38)30-7-5-6-29(22-30)35-8-3-4-17-43-35;1-2-7-39-35(6-1)44-40(46-39)30-9-12-32-33-23-28(26-14-19-41-20-15-26)10-13-36(33)45(38(32)25-30)37-24-29(34-5-3-4-18-43-34)8-11-31(37)27-16-21-42-22-17-27;1-3-13-32-27(9-1)28-16-15-25(35-38-31-10-2-4-14-34(31)40-35)22-33(28)39(32)26-8-5-7-24(21-26)30-12-6-11-29(37-30)23-17-19-36-20-18-23;;;/h1-21,23-24H;1-23H;1-20H;;;/q3*-2;3*+2. The van der Waals surface area contributed by atoms with Gasteiger partial charge in [-0.15, -0.1) is 132 Å². The van der Waals surface area contributed by atoms with Crippen LogP contribution in [0.3, 0.4) is 0 Å². The van der Waals surface area contributed by atoms with E-state index < -0.39 is 0 Å². The van der Waals surface area contributed by atoms with Gasteiger partial charge in [-0.1, -0.05) is 170 Å². The maximum absolute atomic E-state index is 6.35. The van der Waals surface area contributed by atoms with Crippen molar-refractivity contribution in [1.29, 1.82) is 0 Å². The van der Waals surface area contributed by atoms with E-state index in [-0.39, 0.29) is 63.2 Å². The summed E-state index contributed by atoms with van der Waals surface area (Å²) in [5.41, 5.74) is 31.2. The summed E-state index contributed by atoms with van der Waals surface area (Å²) in [7, 11) is 0. The molecule has 0 amide bonds. The molecule has 644 valence electrons. The quantitative estimate of drug-likeness (QED) is 0.0932. The summed E-state index contributed by atoms with van der Waals surface area (Å²) in [4.78, 5) is 49.7. The molecule has 12 aromatic carbocycles. The van der Waals surface area contributed by atoms with E-state index in [0.717, 1.165) is 222 Å². The van der Waals surface area contributed by atoms with E-state index >= 15 is 0 Å². The zero-order valence-corrected chi connectivity index (χ0v) is 77.9. The average molecular weight is 2280 g/mol. The maximum atomic E-state index is 6.35. The number of fused-ring (bicyclic) bond motifs is 12. The molecule has 0 N–H and O–H groups in total. The molecule has 14 aromatic heterocycles. The van der Waals surface area contributed by atoms with Crippen molar-refractivity contribution in [2.75, 3.05) is 0 Å². The van der Waals surface area contributed by atoms with Crippen LogP contribution in [0.4, 0.5) is 0 Å². The second-order valence-corrected chi connectivity index (χ2v) is 31.6. The van der Waals surface area contributed by atoms with E-state index in [4.69, 9.17) is 33.2 Å². The molecular weight excluding hydrogens is 2210 g/mol. The predicted octanol–water partition coefficient (Wildman–Crippen LogP) is 27.1. The van der Waals surface area contributed by atoms with Crippen molar-refractivity contribution in [3.8, 4) is 141 Å². The van der Waals surface area contributed by atoms with Crippen LogP contribution in [0, 0.1) is 36.4 Å². The summed E-state index contributed by atoms with van der Waals surface area (Å²) in [6.07, 6.45) is 21.7. The SMILES string of the molecule is [Pt+2].[Pt+2].[Pt+2].[c-]1c(-c2cccc(-c3ccncc3)n2)cccc1-n1c2[c-]c(-c3nc4ccccc4o3)ccc2c2ccccc21.[c-]1c(-c2ccccn2)ccc(-c2ccncc2)c1-n1c2[c-]c(-c3nc4ccccc4o3)ccc2c2cc(-c3ccncc3)ccc21.[c-]1c(-c2ccccn2)cccc1-n1c2[c-]c(-c3nc4ccccc4o3)c(-c3ccncc3)cc2c2cc(-c3ccncc3)ccc21. The average Bonchev–Trinajstić information content (AvgIpc) is 1.58. The van der Waals surface area contributed by atoms with E-state index in [0.29, 0.717) is 17.7 Å². The van der Waals surface area contributed by atoms with Gasteiger partial charge in [-0.2, -0.15) is 0 Å². The third-order valence-corrected chi connectivity index (χ3v) is 23.7. The molecule has 14 heterocycles. The predicted molar refractivity (Wildman–Crippen MR) is 520 cm³/mol. The number of rotatable bonds is 14. The fraction of sp³-hybridized carbons (Fsp3) is 0. The van der Waals surface area contributed by atoms with Crippen LogP contribution in [0.1, 0.15) is 0 Å². The van der Waals surface area contributed by atoms with Gasteiger partial charge in [0.1, 0.15) is 34.4 Å². The molecule has 0 atom stereocenters. The first-order valence-electron chi connectivity index (χ1n) is 42.9. The fourth-order valence-corrected chi connectivity index (χ4v) is 17.5. The molecule has 0 aliphatic heterocycles. The van der Waals surface area contributed by atoms with Crippen molar-refractivity contribution < 1.29 is 76.4 Å². The largest absolute Gasteiger partial charge is 2.00 e. The van der Waals surface area contributed by atoms with Crippen LogP contribution in [0.15, 0.2) is 415 Å². The first-order chi connectivity index (χ1) is 65.4. The van der Waals surface area contributed by atoms with Crippen LogP contribution in [-0.2, 0) is 63.2 Å². The number of pyridine rings is 8. The van der Waals surface area contributed by atoms with Gasteiger partial charge in [0, 0.05) is 96.5 Å². The van der Waals surface area contributed by atoms with E-state index in [2.05, 4.69) is 188 Å². The molecule has 0 fully saturated rings. The van der Waals surface area contributed by atoms with Crippen molar-refractivity contribution in [2.24, 2.45) is 0 Å². The summed E-state index contributed by atoms with van der Waals surface area (Å²) in [6, 6.07) is 132. The third-order valence-electron chi connectivity index (χ3n) is 23.7. The Balaban J connectivity index is 0.000000120. The number of aromatic nitrogens is 14. The first-order valence-corrected chi connectivity index (χ1v) is 42.9. The van der Waals surface area contributed by atoms with E-state index in [9.17, 15) is 0 Å². The molecule has 0 unspecified atom stereocenters. The summed E-state index contributed by atoms with van der Waals surface area (Å²) >= 11 is 0. The van der Waals surface area contributed by atoms with Gasteiger partial charge < -0.3 is 36.9 Å². The fourth-order valence-electron chi connectivity index (χ4n) is 17.5. The van der Waals surface area contributed by atoms with Crippen LogP contribution >= 0.6 is 0 Å².